The molecule has 29 heavy (non-hydrogen) atoms. The van der Waals surface area contributed by atoms with Crippen LogP contribution in [-0.2, 0) is 13.1 Å². The molecule has 0 saturated carbocycles. The van der Waals surface area contributed by atoms with Crippen LogP contribution in [-0.4, -0.2) is 38.5 Å². The summed E-state index contributed by atoms with van der Waals surface area (Å²) in [6.45, 7) is 1.67. The first-order valence-corrected chi connectivity index (χ1v) is 9.60. The molecule has 3 heterocycles. The first-order valence-electron chi connectivity index (χ1n) is 9.22. The number of rotatable bonds is 3. The molecule has 1 aliphatic heterocycles. The Morgan fingerprint density at radius 3 is 3.03 bits per heavy atom. The molecule has 0 N–H and O–H groups in total. The van der Waals surface area contributed by atoms with Crippen LogP contribution in [0.25, 0.3) is 11.0 Å². The molecule has 0 bridgehead atoms. The molecule has 0 fully saturated rings. The number of ether oxygens (including phenoxy) is 1. The molecular formula is C21H17ClN4O3. The molecular weight excluding hydrogens is 392 g/mol. The topological polar surface area (TPSA) is 73.4 Å². The molecule has 0 atom stereocenters. The number of hydrogen-bond acceptors (Lipinski definition) is 5. The molecule has 0 spiro atoms. The summed E-state index contributed by atoms with van der Waals surface area (Å²) in [7, 11) is 0. The maximum absolute atomic E-state index is 13.0. The Balaban J connectivity index is 1.35. The number of carbonyl (C=O) groups is 1. The summed E-state index contributed by atoms with van der Waals surface area (Å²) in [4.78, 5) is 23.4. The van der Waals surface area contributed by atoms with Crippen LogP contribution < -0.4 is 4.74 Å². The monoisotopic (exact) mass is 408 g/mol. The number of benzene rings is 2. The van der Waals surface area contributed by atoms with Gasteiger partial charge in [0, 0.05) is 17.1 Å². The quantitative estimate of drug-likeness (QED) is 0.516. The fourth-order valence-electron chi connectivity index (χ4n) is 3.46. The molecule has 1 aliphatic rings. The van der Waals surface area contributed by atoms with Crippen molar-refractivity contribution >= 4 is 28.5 Å². The zero-order chi connectivity index (χ0) is 19.8. The maximum Gasteiger partial charge on any atom is 0.276 e. The zero-order valence-corrected chi connectivity index (χ0v) is 16.2. The Bertz CT molecular complexity index is 1200. The molecule has 0 unspecified atom stereocenters. The third-order valence-corrected chi connectivity index (χ3v) is 5.13. The largest absolute Gasteiger partial charge is 0.491 e. The summed E-state index contributed by atoms with van der Waals surface area (Å²) in [6, 6.07) is 13.3. The smallest absolute Gasteiger partial charge is 0.276 e. The predicted molar refractivity (Wildman–Crippen MR) is 107 cm³/mol. The number of nitrogens with zero attached hydrogens (tertiary/aromatic N) is 4. The van der Waals surface area contributed by atoms with Gasteiger partial charge in [0.2, 0.25) is 5.89 Å². The van der Waals surface area contributed by atoms with Gasteiger partial charge in [-0.15, -0.1) is 0 Å². The van der Waals surface area contributed by atoms with Crippen LogP contribution >= 0.6 is 11.6 Å². The van der Waals surface area contributed by atoms with Crippen molar-refractivity contribution in [3.8, 4) is 5.75 Å². The zero-order valence-electron chi connectivity index (χ0n) is 15.4. The van der Waals surface area contributed by atoms with Crippen molar-refractivity contribution in [2.45, 2.75) is 13.1 Å². The van der Waals surface area contributed by atoms with E-state index in [9.17, 15) is 4.79 Å². The molecule has 1 amide bonds. The Kier molecular flexibility index (Phi) is 4.44. The number of amides is 1. The SMILES string of the molecule is O=C(c1coc(Cn2cnc3ccccc32)n1)N1CCOc2ccc(Cl)cc2C1. The summed E-state index contributed by atoms with van der Waals surface area (Å²) < 4.78 is 13.2. The van der Waals surface area contributed by atoms with Crippen molar-refractivity contribution in [2.24, 2.45) is 0 Å². The van der Waals surface area contributed by atoms with Gasteiger partial charge in [0.05, 0.1) is 23.9 Å². The van der Waals surface area contributed by atoms with E-state index in [0.29, 0.717) is 37.2 Å². The lowest BCUT2D eigenvalue weighted by Crippen LogP contribution is -2.32. The number of fused-ring (bicyclic) bond motifs is 2. The summed E-state index contributed by atoms with van der Waals surface area (Å²) in [5, 5.41) is 0.609. The minimum absolute atomic E-state index is 0.202. The molecule has 2 aromatic heterocycles. The van der Waals surface area contributed by atoms with Gasteiger partial charge in [0.25, 0.3) is 5.91 Å². The number of para-hydroxylation sites is 2. The minimum Gasteiger partial charge on any atom is -0.491 e. The molecule has 0 radical (unpaired) electrons. The lowest BCUT2D eigenvalue weighted by Gasteiger charge is -2.18. The van der Waals surface area contributed by atoms with E-state index in [1.54, 1.807) is 17.3 Å². The van der Waals surface area contributed by atoms with Crippen LogP contribution in [0.2, 0.25) is 5.02 Å². The summed E-state index contributed by atoms with van der Waals surface area (Å²) >= 11 is 6.09. The van der Waals surface area contributed by atoms with Crippen molar-refractivity contribution in [1.82, 2.24) is 19.4 Å². The highest BCUT2D eigenvalue weighted by atomic mass is 35.5. The van der Waals surface area contributed by atoms with E-state index in [2.05, 4.69) is 9.97 Å². The van der Waals surface area contributed by atoms with Crippen molar-refractivity contribution in [3.05, 3.63) is 77.2 Å². The van der Waals surface area contributed by atoms with Crippen molar-refractivity contribution in [2.75, 3.05) is 13.2 Å². The summed E-state index contributed by atoms with van der Waals surface area (Å²) in [5.41, 5.74) is 3.03. The first-order chi connectivity index (χ1) is 14.2. The van der Waals surface area contributed by atoms with Crippen LogP contribution in [0.4, 0.5) is 0 Å². The lowest BCUT2D eigenvalue weighted by atomic mass is 10.2. The van der Waals surface area contributed by atoms with E-state index in [0.717, 1.165) is 22.3 Å². The van der Waals surface area contributed by atoms with Crippen molar-refractivity contribution < 1.29 is 13.9 Å². The Morgan fingerprint density at radius 2 is 2.10 bits per heavy atom. The normalized spacial score (nSPS) is 13.8. The molecule has 2 aromatic carbocycles. The number of aromatic nitrogens is 3. The third-order valence-electron chi connectivity index (χ3n) is 4.89. The molecule has 7 nitrogen and oxygen atoms in total. The summed E-state index contributed by atoms with van der Waals surface area (Å²) in [5.74, 6) is 0.996. The first kappa shape index (κ1) is 17.8. The number of carbonyl (C=O) groups excluding carboxylic acids is 1. The van der Waals surface area contributed by atoms with Gasteiger partial charge in [-0.05, 0) is 30.3 Å². The number of oxazole rings is 1. The number of halogens is 1. The Morgan fingerprint density at radius 1 is 1.21 bits per heavy atom. The Labute approximate surface area is 171 Å². The highest BCUT2D eigenvalue weighted by molar-refractivity contribution is 6.30. The van der Waals surface area contributed by atoms with Crippen LogP contribution in [0.1, 0.15) is 21.9 Å². The highest BCUT2D eigenvalue weighted by Crippen LogP contribution is 2.27. The fourth-order valence-corrected chi connectivity index (χ4v) is 3.66. The minimum atomic E-state index is -0.202. The van der Waals surface area contributed by atoms with E-state index in [-0.39, 0.29) is 11.6 Å². The number of imidazole rings is 1. The van der Waals surface area contributed by atoms with E-state index >= 15 is 0 Å². The third kappa shape index (κ3) is 3.45. The van der Waals surface area contributed by atoms with Gasteiger partial charge in [-0.2, -0.15) is 0 Å². The average Bonchev–Trinajstić information content (AvgIpc) is 3.30. The fraction of sp³-hybridized carbons (Fsp3) is 0.190. The molecule has 146 valence electrons. The molecule has 8 heteroatoms. The molecule has 5 rings (SSSR count). The van der Waals surface area contributed by atoms with Crippen LogP contribution in [0.3, 0.4) is 0 Å². The lowest BCUT2D eigenvalue weighted by molar-refractivity contribution is 0.0727. The second kappa shape index (κ2) is 7.25. The predicted octanol–water partition coefficient (Wildman–Crippen LogP) is 3.76. The standard InChI is InChI=1S/C21H17ClN4O3/c22-15-5-6-19-14(9-15)10-25(7-8-28-19)21(27)17-12-29-20(24-17)11-26-13-23-16-3-1-2-4-18(16)26/h1-6,9,12-13H,7-8,10-11H2. The van der Waals surface area contributed by atoms with Crippen LogP contribution in [0.5, 0.6) is 5.75 Å². The summed E-state index contributed by atoms with van der Waals surface area (Å²) in [6.07, 6.45) is 3.14. The molecule has 0 aliphatic carbocycles. The second-order valence-corrected chi connectivity index (χ2v) is 7.25. The van der Waals surface area contributed by atoms with Gasteiger partial charge in [0.1, 0.15) is 25.2 Å². The van der Waals surface area contributed by atoms with Crippen LogP contribution in [0.15, 0.2) is 59.5 Å². The van der Waals surface area contributed by atoms with Crippen LogP contribution in [0, 0.1) is 0 Å². The highest BCUT2D eigenvalue weighted by Gasteiger charge is 2.24. The van der Waals surface area contributed by atoms with Gasteiger partial charge in [-0.1, -0.05) is 23.7 Å². The maximum atomic E-state index is 13.0. The molecule has 4 aromatic rings. The van der Waals surface area contributed by atoms with Gasteiger partial charge in [0.15, 0.2) is 5.69 Å². The van der Waals surface area contributed by atoms with Gasteiger partial charge in [-0.3, -0.25) is 4.79 Å². The molecule has 0 saturated heterocycles. The van der Waals surface area contributed by atoms with Crippen molar-refractivity contribution in [3.63, 3.8) is 0 Å². The number of hydrogen-bond donors (Lipinski definition) is 0. The van der Waals surface area contributed by atoms with Crippen molar-refractivity contribution in [1.29, 1.82) is 0 Å². The van der Waals surface area contributed by atoms with Gasteiger partial charge >= 0.3 is 0 Å². The Hall–Kier alpha value is -3.32. The second-order valence-electron chi connectivity index (χ2n) is 6.81. The van der Waals surface area contributed by atoms with Gasteiger partial charge in [-0.25, -0.2) is 9.97 Å². The van der Waals surface area contributed by atoms with E-state index in [1.165, 1.54) is 6.26 Å². The van der Waals surface area contributed by atoms with E-state index in [4.69, 9.17) is 20.8 Å². The average molecular weight is 409 g/mol. The van der Waals surface area contributed by atoms with Gasteiger partial charge < -0.3 is 18.6 Å². The van der Waals surface area contributed by atoms with E-state index in [1.807, 2.05) is 41.0 Å². The van der Waals surface area contributed by atoms with E-state index < -0.39 is 0 Å².